The molecule has 0 spiro atoms. The first-order valence-electron chi connectivity index (χ1n) is 7.94. The maximum Gasteiger partial charge on any atom is 0.335 e. The smallest absolute Gasteiger partial charge is 0.335 e. The first kappa shape index (κ1) is 16.6. The molecule has 0 aliphatic rings. The van der Waals surface area contributed by atoms with Crippen molar-refractivity contribution in [2.45, 2.75) is 19.3 Å². The molecule has 0 saturated carbocycles. The molecule has 24 heavy (non-hydrogen) atoms. The Balaban J connectivity index is 2.16. The van der Waals surface area contributed by atoms with Gasteiger partial charge >= 0.3 is 5.97 Å². The Morgan fingerprint density at radius 3 is 2.71 bits per heavy atom. The summed E-state index contributed by atoms with van der Waals surface area (Å²) in [6.07, 6.45) is 2.72. The van der Waals surface area contributed by atoms with Gasteiger partial charge in [-0.3, -0.25) is 0 Å². The van der Waals surface area contributed by atoms with Gasteiger partial charge < -0.3 is 15.8 Å². The molecule has 4 N–H and O–H groups in total. The average Bonchev–Trinajstić information content (AvgIpc) is 2.93. The fourth-order valence-electron chi connectivity index (χ4n) is 2.98. The van der Waals surface area contributed by atoms with Crippen molar-refractivity contribution in [3.05, 3.63) is 58.6 Å². The second-order valence-corrected chi connectivity index (χ2v) is 6.24. The van der Waals surface area contributed by atoms with E-state index in [9.17, 15) is 9.90 Å². The molecule has 0 aliphatic carbocycles. The molecule has 0 unspecified atom stereocenters. The van der Waals surface area contributed by atoms with Gasteiger partial charge in [-0.15, -0.1) is 0 Å². The Kier molecular flexibility index (Phi) is 4.88. The number of hydrogen-bond donors (Lipinski definition) is 3. The Labute approximate surface area is 145 Å². The van der Waals surface area contributed by atoms with Crippen LogP contribution in [0.15, 0.2) is 42.5 Å². The van der Waals surface area contributed by atoms with E-state index < -0.39 is 5.97 Å². The lowest BCUT2D eigenvalue weighted by Gasteiger charge is -2.06. The molecule has 0 radical (unpaired) electrons. The summed E-state index contributed by atoms with van der Waals surface area (Å²) in [5.41, 5.74) is 9.94. The molecule has 0 bridgehead atoms. The monoisotopic (exact) mass is 342 g/mol. The van der Waals surface area contributed by atoms with Crippen LogP contribution in [-0.4, -0.2) is 22.6 Å². The highest BCUT2D eigenvalue weighted by Gasteiger charge is 2.15. The fourth-order valence-corrected chi connectivity index (χ4v) is 3.17. The number of aromatic amines is 1. The molecule has 5 heteroatoms. The second-order valence-electron chi connectivity index (χ2n) is 5.80. The van der Waals surface area contributed by atoms with Gasteiger partial charge in [0.2, 0.25) is 0 Å². The zero-order valence-electron chi connectivity index (χ0n) is 13.2. The lowest BCUT2D eigenvalue weighted by atomic mass is 9.99. The van der Waals surface area contributed by atoms with Crippen LogP contribution in [0.5, 0.6) is 0 Å². The van der Waals surface area contributed by atoms with E-state index in [1.807, 2.05) is 30.3 Å². The van der Waals surface area contributed by atoms with Gasteiger partial charge in [0.15, 0.2) is 0 Å². The molecule has 124 valence electrons. The standard InChI is InChI=1S/C19H19ClN2O2/c20-14-5-3-4-12(10-14)18-15(6-1-2-9-21)16-11-13(19(23)24)7-8-17(16)22-18/h3-5,7-8,10-11,22H,1-2,6,9,21H2,(H,23,24). The lowest BCUT2D eigenvalue weighted by molar-refractivity contribution is 0.0697. The molecule has 1 aromatic heterocycles. The molecule has 0 amide bonds. The van der Waals surface area contributed by atoms with Crippen LogP contribution in [0.1, 0.15) is 28.8 Å². The third-order valence-electron chi connectivity index (χ3n) is 4.15. The van der Waals surface area contributed by atoms with Gasteiger partial charge in [0.05, 0.1) is 5.56 Å². The SMILES string of the molecule is NCCCCc1c(-c2cccc(Cl)c2)[nH]c2ccc(C(=O)O)cc12. The molecule has 3 aromatic rings. The summed E-state index contributed by atoms with van der Waals surface area (Å²) in [4.78, 5) is 14.7. The van der Waals surface area contributed by atoms with Gasteiger partial charge in [-0.05, 0) is 67.3 Å². The number of nitrogens with one attached hydrogen (secondary N) is 1. The number of carbonyl (C=O) groups is 1. The maximum atomic E-state index is 11.3. The largest absolute Gasteiger partial charge is 0.478 e. The first-order chi connectivity index (χ1) is 11.6. The summed E-state index contributed by atoms with van der Waals surface area (Å²) in [6, 6.07) is 12.8. The van der Waals surface area contributed by atoms with Crippen LogP contribution in [0.3, 0.4) is 0 Å². The van der Waals surface area contributed by atoms with Crippen molar-refractivity contribution in [3.8, 4) is 11.3 Å². The molecule has 0 atom stereocenters. The van der Waals surface area contributed by atoms with Gasteiger partial charge in [-0.1, -0.05) is 23.7 Å². The van der Waals surface area contributed by atoms with E-state index in [1.165, 1.54) is 0 Å². The van der Waals surface area contributed by atoms with Crippen molar-refractivity contribution in [3.63, 3.8) is 0 Å². The third-order valence-corrected chi connectivity index (χ3v) is 4.38. The molecule has 0 saturated heterocycles. The number of aryl methyl sites for hydroxylation is 1. The first-order valence-corrected chi connectivity index (χ1v) is 8.32. The lowest BCUT2D eigenvalue weighted by Crippen LogP contribution is -1.99. The number of aromatic nitrogens is 1. The molecule has 3 rings (SSSR count). The van der Waals surface area contributed by atoms with Crippen molar-refractivity contribution >= 4 is 28.5 Å². The Morgan fingerprint density at radius 2 is 2.00 bits per heavy atom. The van der Waals surface area contributed by atoms with E-state index in [0.717, 1.165) is 47.0 Å². The van der Waals surface area contributed by atoms with Crippen LogP contribution in [0.4, 0.5) is 0 Å². The van der Waals surface area contributed by atoms with E-state index in [0.29, 0.717) is 17.1 Å². The number of unbranched alkanes of at least 4 members (excludes halogenated alkanes) is 1. The minimum Gasteiger partial charge on any atom is -0.478 e. The molecular weight excluding hydrogens is 324 g/mol. The number of aromatic carboxylic acids is 1. The van der Waals surface area contributed by atoms with Gasteiger partial charge in [0, 0.05) is 21.6 Å². The van der Waals surface area contributed by atoms with Gasteiger partial charge in [-0.2, -0.15) is 0 Å². The fraction of sp³-hybridized carbons (Fsp3) is 0.211. The quantitative estimate of drug-likeness (QED) is 0.578. The number of H-pyrrole nitrogens is 1. The van der Waals surface area contributed by atoms with Crippen molar-refractivity contribution in [2.75, 3.05) is 6.54 Å². The number of carboxylic acids is 1. The number of benzene rings is 2. The second kappa shape index (κ2) is 7.07. The maximum absolute atomic E-state index is 11.3. The van der Waals surface area contributed by atoms with Crippen molar-refractivity contribution in [1.29, 1.82) is 0 Å². The number of hydrogen-bond acceptors (Lipinski definition) is 2. The van der Waals surface area contributed by atoms with E-state index in [4.69, 9.17) is 17.3 Å². The third kappa shape index (κ3) is 3.30. The van der Waals surface area contributed by atoms with E-state index in [1.54, 1.807) is 12.1 Å². The normalized spacial score (nSPS) is 11.1. The van der Waals surface area contributed by atoms with Crippen molar-refractivity contribution in [1.82, 2.24) is 4.98 Å². The van der Waals surface area contributed by atoms with Crippen LogP contribution in [0.2, 0.25) is 5.02 Å². The minimum atomic E-state index is -0.921. The molecule has 0 fully saturated rings. The van der Waals surface area contributed by atoms with Crippen LogP contribution in [-0.2, 0) is 6.42 Å². The van der Waals surface area contributed by atoms with Gasteiger partial charge in [-0.25, -0.2) is 4.79 Å². The highest BCUT2D eigenvalue weighted by Crippen LogP contribution is 2.33. The highest BCUT2D eigenvalue weighted by molar-refractivity contribution is 6.30. The highest BCUT2D eigenvalue weighted by atomic mass is 35.5. The van der Waals surface area contributed by atoms with E-state index in [-0.39, 0.29) is 0 Å². The number of nitrogens with two attached hydrogens (primary N) is 1. The number of rotatable bonds is 6. The zero-order valence-corrected chi connectivity index (χ0v) is 13.9. The number of halogens is 1. The zero-order chi connectivity index (χ0) is 17.1. The van der Waals surface area contributed by atoms with Crippen LogP contribution < -0.4 is 5.73 Å². The van der Waals surface area contributed by atoms with Gasteiger partial charge in [0.25, 0.3) is 0 Å². The van der Waals surface area contributed by atoms with Gasteiger partial charge in [0.1, 0.15) is 0 Å². The molecule has 0 aliphatic heterocycles. The Bertz CT molecular complexity index is 886. The summed E-state index contributed by atoms with van der Waals surface area (Å²) in [5.74, 6) is -0.921. The van der Waals surface area contributed by atoms with Crippen LogP contribution >= 0.6 is 11.6 Å². The minimum absolute atomic E-state index is 0.291. The summed E-state index contributed by atoms with van der Waals surface area (Å²) in [5, 5.41) is 10.9. The van der Waals surface area contributed by atoms with E-state index in [2.05, 4.69) is 4.98 Å². The molecular formula is C19H19ClN2O2. The van der Waals surface area contributed by atoms with E-state index >= 15 is 0 Å². The predicted octanol–water partition coefficient (Wildman–Crippen LogP) is 4.47. The average molecular weight is 343 g/mol. The summed E-state index contributed by atoms with van der Waals surface area (Å²) in [7, 11) is 0. The summed E-state index contributed by atoms with van der Waals surface area (Å²) in [6.45, 7) is 0.648. The van der Waals surface area contributed by atoms with Crippen molar-refractivity contribution < 1.29 is 9.90 Å². The summed E-state index contributed by atoms with van der Waals surface area (Å²) >= 11 is 6.13. The topological polar surface area (TPSA) is 79.1 Å². The Hall–Kier alpha value is -2.30. The molecule has 2 aromatic carbocycles. The summed E-state index contributed by atoms with van der Waals surface area (Å²) < 4.78 is 0. The predicted molar refractivity (Wildman–Crippen MR) is 97.7 cm³/mol. The van der Waals surface area contributed by atoms with Crippen molar-refractivity contribution in [2.24, 2.45) is 5.73 Å². The van der Waals surface area contributed by atoms with Crippen LogP contribution in [0, 0.1) is 0 Å². The van der Waals surface area contributed by atoms with Crippen LogP contribution in [0.25, 0.3) is 22.2 Å². The number of carboxylic acid groups (broad SMARTS) is 1. The molecule has 1 heterocycles. The molecule has 4 nitrogen and oxygen atoms in total. The number of fused-ring (bicyclic) bond motifs is 1. The Morgan fingerprint density at radius 1 is 1.17 bits per heavy atom.